The summed E-state index contributed by atoms with van der Waals surface area (Å²) < 4.78 is 7.06. The molecule has 0 fully saturated rings. The third kappa shape index (κ3) is 4.81. The lowest BCUT2D eigenvalue weighted by Gasteiger charge is -2.18. The highest BCUT2D eigenvalue weighted by Crippen LogP contribution is 2.21. The van der Waals surface area contributed by atoms with Crippen molar-refractivity contribution in [2.45, 2.75) is 20.8 Å². The van der Waals surface area contributed by atoms with Crippen molar-refractivity contribution in [3.05, 3.63) is 89.2 Å². The number of methoxy groups -OCH3 is 1. The van der Waals surface area contributed by atoms with Gasteiger partial charge in [0.25, 0.3) is 0 Å². The molecule has 4 nitrogen and oxygen atoms in total. The number of ether oxygens (including phenoxy) is 1. The summed E-state index contributed by atoms with van der Waals surface area (Å²) in [6.07, 6.45) is 3.73. The summed E-state index contributed by atoms with van der Waals surface area (Å²) >= 11 is 5.67. The van der Waals surface area contributed by atoms with Crippen LogP contribution >= 0.6 is 12.2 Å². The Bertz CT molecular complexity index is 1090. The summed E-state index contributed by atoms with van der Waals surface area (Å²) in [4.78, 5) is 0.345. The number of anilines is 1. The van der Waals surface area contributed by atoms with Crippen LogP contribution in [-0.2, 0) is 0 Å². The second-order valence-electron chi connectivity index (χ2n) is 6.95. The Kier molecular flexibility index (Phi) is 6.29. The average Bonchev–Trinajstić information content (AvgIpc) is 2.70. The zero-order valence-corrected chi connectivity index (χ0v) is 17.8. The molecule has 3 rings (SSSR count). The summed E-state index contributed by atoms with van der Waals surface area (Å²) in [6, 6.07) is 17.0. The zero-order chi connectivity index (χ0) is 21.0. The van der Waals surface area contributed by atoms with E-state index in [1.54, 1.807) is 11.7 Å². The fourth-order valence-electron chi connectivity index (χ4n) is 2.98. The Morgan fingerprint density at radius 3 is 2.48 bits per heavy atom. The van der Waals surface area contributed by atoms with Crippen molar-refractivity contribution in [2.75, 3.05) is 12.4 Å². The van der Waals surface area contributed by atoms with Gasteiger partial charge in [0.1, 0.15) is 5.75 Å². The van der Waals surface area contributed by atoms with Crippen LogP contribution in [0.5, 0.6) is 5.75 Å². The van der Waals surface area contributed by atoms with Gasteiger partial charge in [-0.1, -0.05) is 36.5 Å². The highest BCUT2D eigenvalue weighted by atomic mass is 32.1. The van der Waals surface area contributed by atoms with E-state index in [1.807, 2.05) is 87.8 Å². The average molecular weight is 405 g/mol. The molecule has 0 radical (unpaired) electrons. The molecule has 3 aromatic rings. The van der Waals surface area contributed by atoms with Gasteiger partial charge in [-0.3, -0.25) is 0 Å². The molecule has 148 valence electrons. The number of pyridine rings is 1. The monoisotopic (exact) mass is 404 g/mol. The third-order valence-corrected chi connectivity index (χ3v) is 5.03. The first kappa shape index (κ1) is 20.6. The molecule has 0 unspecified atom stereocenters. The Labute approximate surface area is 177 Å². The SMILES string of the molecule is COc1cccc(NC(=S)C(=C([O-])c2ccc(C)c(C)c2)[n+]2cccc(C)c2)c1. The molecular formula is C24H24N2O2S. The van der Waals surface area contributed by atoms with Gasteiger partial charge in [0.05, 0.1) is 7.11 Å². The maximum Gasteiger partial charge on any atom is 0.238 e. The highest BCUT2D eigenvalue weighted by molar-refractivity contribution is 7.81. The number of thiocarbonyl (C=S) groups is 1. The number of nitrogens with one attached hydrogen (secondary N) is 1. The molecule has 0 atom stereocenters. The van der Waals surface area contributed by atoms with Crippen molar-refractivity contribution in [3.63, 3.8) is 0 Å². The molecule has 0 aliphatic carbocycles. The van der Waals surface area contributed by atoms with E-state index in [4.69, 9.17) is 17.0 Å². The van der Waals surface area contributed by atoms with Gasteiger partial charge < -0.3 is 15.2 Å². The summed E-state index contributed by atoms with van der Waals surface area (Å²) in [5.41, 5.74) is 5.00. The minimum Gasteiger partial charge on any atom is -0.867 e. The van der Waals surface area contributed by atoms with Crippen LogP contribution in [0.4, 0.5) is 5.69 Å². The lowest BCUT2D eigenvalue weighted by atomic mass is 10.0. The van der Waals surface area contributed by atoms with Gasteiger partial charge in [-0.2, -0.15) is 4.57 Å². The van der Waals surface area contributed by atoms with Crippen LogP contribution in [0, 0.1) is 20.8 Å². The predicted octanol–water partition coefficient (Wildman–Crippen LogP) is 4.03. The van der Waals surface area contributed by atoms with E-state index < -0.39 is 0 Å². The number of hydrogen-bond acceptors (Lipinski definition) is 3. The fraction of sp³-hybridized carbons (Fsp3) is 0.167. The Hall–Kier alpha value is -3.18. The van der Waals surface area contributed by atoms with Crippen molar-refractivity contribution in [1.29, 1.82) is 0 Å². The number of rotatable bonds is 5. The van der Waals surface area contributed by atoms with Crippen LogP contribution in [0.3, 0.4) is 0 Å². The molecule has 1 heterocycles. The lowest BCUT2D eigenvalue weighted by Crippen LogP contribution is -2.40. The molecule has 0 saturated carbocycles. The molecule has 1 aromatic heterocycles. The summed E-state index contributed by atoms with van der Waals surface area (Å²) in [5, 5.41) is 16.6. The van der Waals surface area contributed by atoms with Gasteiger partial charge in [0, 0.05) is 23.4 Å². The van der Waals surface area contributed by atoms with Crippen LogP contribution in [0.15, 0.2) is 67.0 Å². The molecule has 0 spiro atoms. The van der Waals surface area contributed by atoms with Crippen molar-refractivity contribution in [3.8, 4) is 5.75 Å². The van der Waals surface area contributed by atoms with Crippen molar-refractivity contribution >= 4 is 34.3 Å². The van der Waals surface area contributed by atoms with Gasteiger partial charge in [-0.05, 0) is 61.4 Å². The minimum absolute atomic E-state index is 0.135. The molecule has 2 aromatic carbocycles. The smallest absolute Gasteiger partial charge is 0.238 e. The second-order valence-corrected chi connectivity index (χ2v) is 7.36. The normalized spacial score (nSPS) is 11.6. The van der Waals surface area contributed by atoms with Crippen LogP contribution in [-0.4, -0.2) is 12.1 Å². The summed E-state index contributed by atoms with van der Waals surface area (Å²) in [7, 11) is 1.61. The maximum absolute atomic E-state index is 13.5. The summed E-state index contributed by atoms with van der Waals surface area (Å²) in [6.45, 7) is 6.00. The van der Waals surface area contributed by atoms with Crippen LogP contribution in [0.25, 0.3) is 11.5 Å². The fourth-order valence-corrected chi connectivity index (χ4v) is 3.30. The Morgan fingerprint density at radius 2 is 1.79 bits per heavy atom. The van der Waals surface area contributed by atoms with E-state index in [0.717, 1.165) is 22.4 Å². The van der Waals surface area contributed by atoms with Crippen molar-refractivity contribution in [1.82, 2.24) is 0 Å². The standard InChI is InChI=1S/C24H24N2O2S/c1-16-7-6-12-26(15-16)22(23(27)19-11-10-17(2)18(3)13-19)24(29)25-20-8-5-9-21(14-20)28-4/h5-15H,1-4H3,(H-,25,27,29). The van der Waals surface area contributed by atoms with Crippen molar-refractivity contribution in [2.24, 2.45) is 0 Å². The topological polar surface area (TPSA) is 48.2 Å². The molecule has 0 aliphatic heterocycles. The number of nitrogens with zero attached hydrogens (tertiary/aromatic N) is 1. The van der Waals surface area contributed by atoms with Gasteiger partial charge in [0.15, 0.2) is 17.4 Å². The Morgan fingerprint density at radius 1 is 1.00 bits per heavy atom. The van der Waals surface area contributed by atoms with Gasteiger partial charge in [0.2, 0.25) is 5.70 Å². The first-order valence-electron chi connectivity index (χ1n) is 9.31. The van der Waals surface area contributed by atoms with E-state index in [0.29, 0.717) is 22.0 Å². The third-order valence-electron chi connectivity index (χ3n) is 4.73. The molecular weight excluding hydrogens is 380 g/mol. The second kappa shape index (κ2) is 8.88. The largest absolute Gasteiger partial charge is 0.867 e. The molecule has 5 heteroatoms. The van der Waals surface area contributed by atoms with E-state index in [9.17, 15) is 5.11 Å². The van der Waals surface area contributed by atoms with Crippen LogP contribution < -0.4 is 19.7 Å². The first-order valence-corrected chi connectivity index (χ1v) is 9.72. The van der Waals surface area contributed by atoms with Crippen molar-refractivity contribution < 1.29 is 14.4 Å². The summed E-state index contributed by atoms with van der Waals surface area (Å²) in [5.74, 6) is 0.576. The molecule has 0 aliphatic rings. The number of aryl methyl sites for hydroxylation is 3. The van der Waals surface area contributed by atoms with Gasteiger partial charge >= 0.3 is 0 Å². The van der Waals surface area contributed by atoms with Gasteiger partial charge in [-0.15, -0.1) is 0 Å². The maximum atomic E-state index is 13.5. The quantitative estimate of drug-likeness (QED) is 0.302. The minimum atomic E-state index is -0.135. The van der Waals surface area contributed by atoms with Crippen LogP contribution in [0.2, 0.25) is 0 Å². The van der Waals surface area contributed by atoms with E-state index in [1.165, 1.54) is 0 Å². The molecule has 1 N–H and O–H groups in total. The van der Waals surface area contributed by atoms with Crippen LogP contribution in [0.1, 0.15) is 22.3 Å². The zero-order valence-electron chi connectivity index (χ0n) is 17.0. The Balaban J connectivity index is 2.09. The predicted molar refractivity (Wildman–Crippen MR) is 120 cm³/mol. The van der Waals surface area contributed by atoms with E-state index in [-0.39, 0.29) is 5.76 Å². The number of benzene rings is 2. The number of aromatic nitrogens is 1. The molecule has 0 amide bonds. The first-order chi connectivity index (χ1) is 13.9. The molecule has 0 bridgehead atoms. The van der Waals surface area contributed by atoms with Gasteiger partial charge in [-0.25, -0.2) is 0 Å². The van der Waals surface area contributed by atoms with E-state index >= 15 is 0 Å². The lowest BCUT2D eigenvalue weighted by molar-refractivity contribution is -0.578. The molecule has 0 saturated heterocycles. The number of hydrogen-bond donors (Lipinski definition) is 1. The van der Waals surface area contributed by atoms with E-state index in [2.05, 4.69) is 5.32 Å². The molecule has 29 heavy (non-hydrogen) atoms. The highest BCUT2D eigenvalue weighted by Gasteiger charge is 2.19.